The molecule has 0 aromatic carbocycles. The Bertz CT molecular complexity index is 583. The number of hydrogen-bond donors (Lipinski definition) is 2. The third kappa shape index (κ3) is 4.93. The first-order chi connectivity index (χ1) is 11.2. The summed E-state index contributed by atoms with van der Waals surface area (Å²) in [4.78, 5) is 9.68. The molecule has 2 unspecified atom stereocenters. The van der Waals surface area contributed by atoms with Gasteiger partial charge in [-0.05, 0) is 37.4 Å². The van der Waals surface area contributed by atoms with Crippen LogP contribution in [0.3, 0.4) is 0 Å². The largest absolute Gasteiger partial charge is 0.433 e. The standard InChI is InChI=1S/C15H22F3N5S/c1-4-19-14(24)22-13-20-11(15(16,17)18)6-12(21-13)23-7-9(2)5-10(3)8-23/h6,9-10H,4-5,7-8H2,1-3H3,(H2,19,20,21,22,24). The van der Waals surface area contributed by atoms with Gasteiger partial charge in [0.1, 0.15) is 5.82 Å². The zero-order valence-corrected chi connectivity index (χ0v) is 14.8. The van der Waals surface area contributed by atoms with Crippen molar-refractivity contribution in [3.05, 3.63) is 11.8 Å². The number of nitrogens with zero attached hydrogens (tertiary/aromatic N) is 3. The lowest BCUT2D eigenvalue weighted by molar-refractivity contribution is -0.141. The van der Waals surface area contributed by atoms with E-state index in [1.54, 1.807) is 0 Å². The Labute approximate surface area is 145 Å². The molecule has 0 bridgehead atoms. The van der Waals surface area contributed by atoms with Crippen LogP contribution in [0, 0.1) is 11.8 Å². The summed E-state index contributed by atoms with van der Waals surface area (Å²) in [5.41, 5.74) is -0.972. The fraction of sp³-hybridized carbons (Fsp3) is 0.667. The second-order valence-electron chi connectivity index (χ2n) is 6.27. The van der Waals surface area contributed by atoms with Crippen LogP contribution in [0.2, 0.25) is 0 Å². The molecule has 1 aliphatic rings. The molecule has 0 aliphatic carbocycles. The summed E-state index contributed by atoms with van der Waals surface area (Å²) in [5.74, 6) is 0.934. The second-order valence-corrected chi connectivity index (χ2v) is 6.68. The van der Waals surface area contributed by atoms with Gasteiger partial charge in [0.2, 0.25) is 5.95 Å². The lowest BCUT2D eigenvalue weighted by atomic mass is 9.92. The predicted molar refractivity (Wildman–Crippen MR) is 92.1 cm³/mol. The zero-order valence-electron chi connectivity index (χ0n) is 13.9. The van der Waals surface area contributed by atoms with Gasteiger partial charge in [0, 0.05) is 25.7 Å². The fourth-order valence-corrected chi connectivity index (χ4v) is 3.19. The van der Waals surface area contributed by atoms with Crippen molar-refractivity contribution in [2.45, 2.75) is 33.4 Å². The number of thiocarbonyl (C=S) groups is 1. The molecule has 1 saturated heterocycles. The molecule has 2 rings (SSSR count). The summed E-state index contributed by atoms with van der Waals surface area (Å²) in [6.07, 6.45) is -3.48. The van der Waals surface area contributed by atoms with Gasteiger partial charge in [-0.25, -0.2) is 4.98 Å². The van der Waals surface area contributed by atoms with E-state index in [1.807, 2.05) is 11.8 Å². The maximum absolute atomic E-state index is 13.2. The molecule has 2 heterocycles. The third-order valence-corrected chi connectivity index (χ3v) is 4.00. The number of hydrogen-bond acceptors (Lipinski definition) is 4. The molecule has 1 aromatic rings. The van der Waals surface area contributed by atoms with Crippen LogP contribution in [0.25, 0.3) is 0 Å². The molecule has 1 fully saturated rings. The van der Waals surface area contributed by atoms with E-state index in [0.717, 1.165) is 12.5 Å². The SMILES string of the molecule is CCNC(=S)Nc1nc(N2CC(C)CC(C)C2)cc(C(F)(F)F)n1. The van der Waals surface area contributed by atoms with Crippen LogP contribution in [0.4, 0.5) is 24.9 Å². The number of anilines is 2. The van der Waals surface area contributed by atoms with Gasteiger partial charge in [-0.15, -0.1) is 0 Å². The molecule has 0 radical (unpaired) electrons. The molecule has 2 N–H and O–H groups in total. The summed E-state index contributed by atoms with van der Waals surface area (Å²) in [6, 6.07) is 1.01. The molecule has 9 heteroatoms. The molecule has 1 aliphatic heterocycles. The summed E-state index contributed by atoms with van der Waals surface area (Å²) in [7, 11) is 0. The van der Waals surface area contributed by atoms with Gasteiger partial charge in [0.25, 0.3) is 0 Å². The van der Waals surface area contributed by atoms with Crippen LogP contribution in [0.1, 0.15) is 32.9 Å². The van der Waals surface area contributed by atoms with Crippen LogP contribution in [0.5, 0.6) is 0 Å². The van der Waals surface area contributed by atoms with Gasteiger partial charge >= 0.3 is 6.18 Å². The molecule has 24 heavy (non-hydrogen) atoms. The average Bonchev–Trinajstić information content (AvgIpc) is 2.45. The van der Waals surface area contributed by atoms with Gasteiger partial charge < -0.3 is 15.5 Å². The topological polar surface area (TPSA) is 53.1 Å². The summed E-state index contributed by atoms with van der Waals surface area (Å²) in [6.45, 7) is 7.93. The highest BCUT2D eigenvalue weighted by molar-refractivity contribution is 7.80. The van der Waals surface area contributed by atoms with Crippen LogP contribution < -0.4 is 15.5 Å². The summed E-state index contributed by atoms with van der Waals surface area (Å²) in [5, 5.41) is 5.64. The quantitative estimate of drug-likeness (QED) is 0.806. The Morgan fingerprint density at radius 1 is 1.29 bits per heavy atom. The van der Waals surface area contributed by atoms with Crippen molar-refractivity contribution in [3.8, 4) is 0 Å². The first-order valence-corrected chi connectivity index (χ1v) is 8.36. The van der Waals surface area contributed by atoms with Crippen LogP contribution in [-0.2, 0) is 6.18 Å². The van der Waals surface area contributed by atoms with Crippen LogP contribution in [-0.4, -0.2) is 34.7 Å². The van der Waals surface area contributed by atoms with Crippen LogP contribution >= 0.6 is 12.2 Å². The van der Waals surface area contributed by atoms with Gasteiger partial charge in [0.05, 0.1) is 0 Å². The van der Waals surface area contributed by atoms with Gasteiger partial charge in [-0.1, -0.05) is 13.8 Å². The minimum atomic E-state index is -4.54. The fourth-order valence-electron chi connectivity index (χ4n) is 2.95. The molecule has 0 spiro atoms. The average molecular weight is 361 g/mol. The van der Waals surface area contributed by atoms with Crippen molar-refractivity contribution in [1.82, 2.24) is 15.3 Å². The smallest absolute Gasteiger partial charge is 0.363 e. The Morgan fingerprint density at radius 2 is 1.92 bits per heavy atom. The predicted octanol–water partition coefficient (Wildman–Crippen LogP) is 3.28. The number of rotatable bonds is 3. The minimum absolute atomic E-state index is 0.142. The monoisotopic (exact) mass is 361 g/mol. The molecule has 134 valence electrons. The van der Waals surface area contributed by atoms with Crippen LogP contribution in [0.15, 0.2) is 6.07 Å². The molecule has 2 atom stereocenters. The molecule has 5 nitrogen and oxygen atoms in total. The van der Waals surface area contributed by atoms with E-state index in [9.17, 15) is 13.2 Å². The normalized spacial score (nSPS) is 21.5. The maximum Gasteiger partial charge on any atom is 0.433 e. The first-order valence-electron chi connectivity index (χ1n) is 7.95. The minimum Gasteiger partial charge on any atom is -0.363 e. The highest BCUT2D eigenvalue weighted by Crippen LogP contribution is 2.32. The van der Waals surface area contributed by atoms with E-state index in [1.165, 1.54) is 0 Å². The molecule has 0 saturated carbocycles. The third-order valence-electron chi connectivity index (χ3n) is 3.76. The molecular formula is C15H22F3N5S. The van der Waals surface area contributed by atoms with Gasteiger partial charge in [-0.2, -0.15) is 18.2 Å². The van der Waals surface area contributed by atoms with Gasteiger partial charge in [0.15, 0.2) is 10.8 Å². The Balaban J connectivity index is 2.34. The van der Waals surface area contributed by atoms with Gasteiger partial charge in [-0.3, -0.25) is 0 Å². The van der Waals surface area contributed by atoms with E-state index >= 15 is 0 Å². The van der Waals surface area contributed by atoms with Crippen molar-refractivity contribution in [2.24, 2.45) is 11.8 Å². The number of piperidine rings is 1. The van der Waals surface area contributed by atoms with Crippen molar-refractivity contribution >= 4 is 29.1 Å². The zero-order chi connectivity index (χ0) is 17.9. The maximum atomic E-state index is 13.2. The number of nitrogens with one attached hydrogen (secondary N) is 2. The Kier molecular flexibility index (Phi) is 5.84. The molecule has 0 amide bonds. The lowest BCUT2D eigenvalue weighted by Crippen LogP contribution is -2.39. The lowest BCUT2D eigenvalue weighted by Gasteiger charge is -2.36. The summed E-state index contributed by atoms with van der Waals surface area (Å²) >= 11 is 5.01. The van der Waals surface area contributed by atoms with Crippen molar-refractivity contribution in [2.75, 3.05) is 29.9 Å². The number of aromatic nitrogens is 2. The molecule has 1 aromatic heterocycles. The second kappa shape index (κ2) is 7.50. The van der Waals surface area contributed by atoms with E-state index in [2.05, 4.69) is 34.4 Å². The van der Waals surface area contributed by atoms with E-state index in [0.29, 0.717) is 31.5 Å². The molecular weight excluding hydrogens is 339 g/mol. The highest BCUT2D eigenvalue weighted by Gasteiger charge is 2.35. The van der Waals surface area contributed by atoms with E-state index in [-0.39, 0.29) is 16.9 Å². The van der Waals surface area contributed by atoms with E-state index < -0.39 is 11.9 Å². The van der Waals surface area contributed by atoms with Crippen molar-refractivity contribution in [3.63, 3.8) is 0 Å². The van der Waals surface area contributed by atoms with E-state index in [4.69, 9.17) is 12.2 Å². The van der Waals surface area contributed by atoms with Crippen molar-refractivity contribution < 1.29 is 13.2 Å². The first kappa shape index (κ1) is 18.7. The highest BCUT2D eigenvalue weighted by atomic mass is 32.1. The van der Waals surface area contributed by atoms with Crippen molar-refractivity contribution in [1.29, 1.82) is 0 Å². The number of halogens is 3. The summed E-state index contributed by atoms with van der Waals surface area (Å²) < 4.78 is 39.5. The number of alkyl halides is 3. The Hall–Kier alpha value is -1.64. The Morgan fingerprint density at radius 3 is 2.46 bits per heavy atom.